The third-order valence-electron chi connectivity index (χ3n) is 4.71. The number of hydrogen-bond donors (Lipinski definition) is 1. The Bertz CT molecular complexity index is 1230. The zero-order valence-corrected chi connectivity index (χ0v) is 18.4. The quantitative estimate of drug-likeness (QED) is 0.443. The molecule has 3 aromatic heterocycles. The number of benzene rings is 1. The summed E-state index contributed by atoms with van der Waals surface area (Å²) in [6, 6.07) is 9.42. The van der Waals surface area contributed by atoms with Crippen molar-refractivity contribution < 1.29 is 4.74 Å². The summed E-state index contributed by atoms with van der Waals surface area (Å²) in [4.78, 5) is 12.7. The molecule has 0 fully saturated rings. The third-order valence-corrected chi connectivity index (χ3v) is 5.40. The van der Waals surface area contributed by atoms with Gasteiger partial charge in [-0.1, -0.05) is 62.2 Å². The molecule has 1 aromatic carbocycles. The summed E-state index contributed by atoms with van der Waals surface area (Å²) in [6.45, 7) is 6.23. The SMILES string of the molecule is COc1nc(-c2ccccc2Cl)cc2nc(-c3c(Cl)c(C(C)(C)C)nn3C)[nH]c12.[NaH]. The summed E-state index contributed by atoms with van der Waals surface area (Å²) >= 11 is 13.0. The first-order valence-electron chi connectivity index (χ1n) is 9.13. The number of ether oxygens (including phenoxy) is 1. The van der Waals surface area contributed by atoms with E-state index in [0.717, 1.165) is 11.3 Å². The van der Waals surface area contributed by atoms with E-state index in [0.29, 0.717) is 44.2 Å². The normalized spacial score (nSPS) is 11.6. The predicted molar refractivity (Wildman–Crippen MR) is 124 cm³/mol. The standard InChI is InChI=1S/C21H21Cl2N5O.Na.H/c1-21(2,3)18-15(23)17(28(4)27-18)19-24-14-10-13(11-8-6-7-9-12(11)22)25-20(29-5)16(14)26-19;;/h6-10H,1-5H3,(H,24,26);;. The summed E-state index contributed by atoms with van der Waals surface area (Å²) in [5, 5.41) is 5.80. The van der Waals surface area contributed by atoms with E-state index in [-0.39, 0.29) is 35.0 Å². The van der Waals surface area contributed by atoms with E-state index in [1.165, 1.54) is 0 Å². The van der Waals surface area contributed by atoms with Crippen LogP contribution in [-0.4, -0.2) is 61.4 Å². The number of H-pyrrole nitrogens is 1. The van der Waals surface area contributed by atoms with Crippen molar-refractivity contribution in [2.45, 2.75) is 26.2 Å². The van der Waals surface area contributed by atoms with Crippen LogP contribution in [0.4, 0.5) is 0 Å². The molecule has 0 unspecified atom stereocenters. The molecule has 1 N–H and O–H groups in total. The van der Waals surface area contributed by atoms with Gasteiger partial charge in [0.05, 0.1) is 29.0 Å². The Hall–Kier alpha value is -1.57. The number of nitrogens with one attached hydrogen (secondary N) is 1. The zero-order chi connectivity index (χ0) is 20.9. The van der Waals surface area contributed by atoms with Gasteiger partial charge in [-0.2, -0.15) is 5.10 Å². The van der Waals surface area contributed by atoms with E-state index < -0.39 is 0 Å². The molecule has 4 rings (SSSR count). The molecule has 152 valence electrons. The fraction of sp³-hybridized carbons (Fsp3) is 0.286. The molecule has 0 aliphatic heterocycles. The minimum atomic E-state index is -0.185. The van der Waals surface area contributed by atoms with Crippen LogP contribution < -0.4 is 4.74 Å². The second kappa shape index (κ2) is 8.52. The summed E-state index contributed by atoms with van der Waals surface area (Å²) in [6.07, 6.45) is 0. The average Bonchev–Trinajstić information content (AvgIpc) is 3.21. The Kier molecular flexibility index (Phi) is 6.56. The molecular weight excluding hydrogens is 432 g/mol. The Balaban J connectivity index is 0.00000256. The molecule has 0 atom stereocenters. The Morgan fingerprint density at radius 3 is 2.40 bits per heavy atom. The number of fused-ring (bicyclic) bond motifs is 1. The Morgan fingerprint density at radius 2 is 1.80 bits per heavy atom. The van der Waals surface area contributed by atoms with Gasteiger partial charge in [-0.05, 0) is 12.1 Å². The van der Waals surface area contributed by atoms with E-state index in [4.69, 9.17) is 32.9 Å². The van der Waals surface area contributed by atoms with Gasteiger partial charge in [-0.25, -0.2) is 9.97 Å². The van der Waals surface area contributed by atoms with Crippen molar-refractivity contribution >= 4 is 63.8 Å². The van der Waals surface area contributed by atoms with Crippen molar-refractivity contribution in [3.05, 3.63) is 46.1 Å². The van der Waals surface area contributed by atoms with Gasteiger partial charge in [0.25, 0.3) is 0 Å². The molecule has 0 bridgehead atoms. The van der Waals surface area contributed by atoms with E-state index in [1.54, 1.807) is 11.8 Å². The number of hydrogen-bond acceptors (Lipinski definition) is 4. The molecular formula is C21H22Cl2N5NaO. The number of pyridine rings is 1. The van der Waals surface area contributed by atoms with Gasteiger partial charge < -0.3 is 9.72 Å². The second-order valence-corrected chi connectivity index (χ2v) is 8.65. The summed E-state index contributed by atoms with van der Waals surface area (Å²) in [5.74, 6) is 1.04. The Labute approximate surface area is 207 Å². The van der Waals surface area contributed by atoms with E-state index in [9.17, 15) is 0 Å². The van der Waals surface area contributed by atoms with Gasteiger partial charge in [-0.3, -0.25) is 4.68 Å². The van der Waals surface area contributed by atoms with Crippen molar-refractivity contribution in [2.24, 2.45) is 7.05 Å². The number of imidazole rings is 1. The van der Waals surface area contributed by atoms with Gasteiger partial charge in [0.2, 0.25) is 5.88 Å². The van der Waals surface area contributed by atoms with Gasteiger partial charge in [0.1, 0.15) is 11.2 Å². The number of aromatic amines is 1. The van der Waals surface area contributed by atoms with Crippen molar-refractivity contribution in [3.8, 4) is 28.7 Å². The van der Waals surface area contributed by atoms with Crippen molar-refractivity contribution in [1.29, 1.82) is 0 Å². The molecule has 6 nitrogen and oxygen atoms in total. The van der Waals surface area contributed by atoms with Gasteiger partial charge in [0.15, 0.2) is 5.82 Å². The maximum atomic E-state index is 6.69. The van der Waals surface area contributed by atoms with Crippen LogP contribution in [0.3, 0.4) is 0 Å². The van der Waals surface area contributed by atoms with Crippen molar-refractivity contribution in [3.63, 3.8) is 0 Å². The Morgan fingerprint density at radius 1 is 1.10 bits per heavy atom. The zero-order valence-electron chi connectivity index (χ0n) is 16.8. The first kappa shape index (κ1) is 23.1. The molecule has 0 saturated carbocycles. The van der Waals surface area contributed by atoms with Gasteiger partial charge in [0, 0.05) is 23.0 Å². The molecule has 0 saturated heterocycles. The monoisotopic (exact) mass is 453 g/mol. The van der Waals surface area contributed by atoms with Crippen LogP contribution in [0.1, 0.15) is 26.5 Å². The van der Waals surface area contributed by atoms with E-state index >= 15 is 0 Å². The first-order valence-corrected chi connectivity index (χ1v) is 9.89. The third kappa shape index (κ3) is 3.99. The van der Waals surface area contributed by atoms with Crippen LogP contribution in [0.2, 0.25) is 10.0 Å². The van der Waals surface area contributed by atoms with Crippen LogP contribution >= 0.6 is 23.2 Å². The van der Waals surface area contributed by atoms with Crippen LogP contribution in [0.5, 0.6) is 5.88 Å². The molecule has 9 heteroatoms. The maximum absolute atomic E-state index is 6.69. The molecule has 30 heavy (non-hydrogen) atoms. The number of methoxy groups -OCH3 is 1. The topological polar surface area (TPSA) is 68.6 Å². The molecule has 0 spiro atoms. The van der Waals surface area contributed by atoms with Crippen molar-refractivity contribution in [1.82, 2.24) is 24.7 Å². The molecule has 3 heterocycles. The number of halogens is 2. The average molecular weight is 454 g/mol. The molecule has 0 amide bonds. The van der Waals surface area contributed by atoms with Gasteiger partial charge in [-0.15, -0.1) is 0 Å². The van der Waals surface area contributed by atoms with Crippen LogP contribution in [0, 0.1) is 0 Å². The first-order chi connectivity index (χ1) is 13.7. The molecule has 0 radical (unpaired) electrons. The van der Waals surface area contributed by atoms with Gasteiger partial charge >= 0.3 is 29.6 Å². The molecule has 0 aliphatic carbocycles. The number of aromatic nitrogens is 5. The van der Waals surface area contributed by atoms with Crippen LogP contribution in [-0.2, 0) is 12.5 Å². The fourth-order valence-electron chi connectivity index (χ4n) is 3.28. The van der Waals surface area contributed by atoms with Crippen molar-refractivity contribution in [2.75, 3.05) is 7.11 Å². The van der Waals surface area contributed by atoms with Crippen LogP contribution in [0.25, 0.3) is 33.8 Å². The number of rotatable bonds is 3. The minimum absolute atomic E-state index is 0. The number of aryl methyl sites for hydroxylation is 1. The predicted octanol–water partition coefficient (Wildman–Crippen LogP) is 4.99. The van der Waals surface area contributed by atoms with E-state index in [1.807, 2.05) is 37.4 Å². The molecule has 0 aliphatic rings. The van der Waals surface area contributed by atoms with Crippen LogP contribution in [0.15, 0.2) is 30.3 Å². The summed E-state index contributed by atoms with van der Waals surface area (Å²) in [5.41, 5.74) is 4.24. The second-order valence-electron chi connectivity index (χ2n) is 7.86. The molecule has 4 aromatic rings. The summed E-state index contributed by atoms with van der Waals surface area (Å²) in [7, 11) is 3.43. The number of nitrogens with zero attached hydrogens (tertiary/aromatic N) is 4. The van der Waals surface area contributed by atoms with E-state index in [2.05, 4.69) is 35.8 Å². The summed E-state index contributed by atoms with van der Waals surface area (Å²) < 4.78 is 7.26. The fourth-order valence-corrected chi connectivity index (χ4v) is 4.05.